The van der Waals surface area contributed by atoms with E-state index in [-0.39, 0.29) is 5.41 Å². The third kappa shape index (κ3) is 2.76. The highest BCUT2D eigenvalue weighted by Gasteiger charge is 2.25. The van der Waals surface area contributed by atoms with Gasteiger partial charge in [-0.05, 0) is 48.8 Å². The number of rotatable bonds is 5. The van der Waals surface area contributed by atoms with Gasteiger partial charge in [0.15, 0.2) is 0 Å². The van der Waals surface area contributed by atoms with E-state index in [1.807, 2.05) is 6.07 Å². The van der Waals surface area contributed by atoms with E-state index in [4.69, 9.17) is 4.42 Å². The van der Waals surface area contributed by atoms with Crippen LogP contribution in [0, 0.1) is 0 Å². The molecule has 1 aromatic carbocycles. The third-order valence-corrected chi connectivity index (χ3v) is 5.22. The molecule has 0 radical (unpaired) electrons. The Morgan fingerprint density at radius 1 is 1.14 bits per heavy atom. The van der Waals surface area contributed by atoms with E-state index < -0.39 is 0 Å². The van der Waals surface area contributed by atoms with Crippen molar-refractivity contribution >= 4 is 11.0 Å². The molecule has 0 saturated heterocycles. The minimum Gasteiger partial charge on any atom is -0.507 e. The average Bonchev–Trinajstić information content (AvgIpc) is 2.86. The second kappa shape index (κ2) is 5.98. The van der Waals surface area contributed by atoms with Gasteiger partial charge in [-0.3, -0.25) is 0 Å². The normalized spacial score (nSPS) is 15.2. The summed E-state index contributed by atoms with van der Waals surface area (Å²) in [5.41, 5.74) is 3.40. The summed E-state index contributed by atoms with van der Waals surface area (Å²) >= 11 is 0. The molecule has 0 amide bonds. The first-order valence-corrected chi connectivity index (χ1v) is 8.80. The number of unbranched alkanes of at least 4 members (excludes halogenated alkanes) is 2. The first-order chi connectivity index (χ1) is 10.5. The van der Waals surface area contributed by atoms with Crippen LogP contribution in [-0.4, -0.2) is 5.11 Å². The number of aryl methyl sites for hydroxylation is 2. The number of hydrogen-bond acceptors (Lipinski definition) is 2. The zero-order valence-electron chi connectivity index (χ0n) is 14.2. The molecule has 1 aromatic heterocycles. The topological polar surface area (TPSA) is 33.4 Å². The number of benzene rings is 1. The molecule has 1 heterocycles. The van der Waals surface area contributed by atoms with E-state index in [0.29, 0.717) is 5.75 Å². The zero-order chi connectivity index (χ0) is 15.7. The van der Waals surface area contributed by atoms with Crippen LogP contribution < -0.4 is 0 Å². The fourth-order valence-corrected chi connectivity index (χ4v) is 3.72. The van der Waals surface area contributed by atoms with Gasteiger partial charge < -0.3 is 9.52 Å². The van der Waals surface area contributed by atoms with Gasteiger partial charge in [-0.25, -0.2) is 0 Å². The van der Waals surface area contributed by atoms with Crippen molar-refractivity contribution in [3.8, 4) is 5.75 Å². The highest BCUT2D eigenvalue weighted by atomic mass is 16.3. The molecule has 120 valence electrons. The van der Waals surface area contributed by atoms with Crippen LogP contribution in [0.5, 0.6) is 5.75 Å². The van der Waals surface area contributed by atoms with Crippen molar-refractivity contribution in [1.82, 2.24) is 0 Å². The Balaban J connectivity index is 1.98. The highest BCUT2D eigenvalue weighted by Crippen LogP contribution is 2.41. The number of phenols is 1. The molecular weight excluding hydrogens is 272 g/mol. The summed E-state index contributed by atoms with van der Waals surface area (Å²) in [4.78, 5) is 0. The van der Waals surface area contributed by atoms with Crippen molar-refractivity contribution in [1.29, 1.82) is 0 Å². The van der Waals surface area contributed by atoms with E-state index in [0.717, 1.165) is 36.0 Å². The Hall–Kier alpha value is -1.44. The van der Waals surface area contributed by atoms with Gasteiger partial charge >= 0.3 is 0 Å². The average molecular weight is 300 g/mol. The molecule has 0 spiro atoms. The summed E-state index contributed by atoms with van der Waals surface area (Å²) in [6.45, 7) is 6.77. The van der Waals surface area contributed by atoms with E-state index in [1.54, 1.807) is 0 Å². The molecule has 0 atom stereocenters. The van der Waals surface area contributed by atoms with Gasteiger partial charge in [0, 0.05) is 12.0 Å². The number of aromatic hydroxyl groups is 1. The quantitative estimate of drug-likeness (QED) is 0.700. The molecule has 2 aromatic rings. The van der Waals surface area contributed by atoms with Gasteiger partial charge in [-0.1, -0.05) is 40.0 Å². The maximum absolute atomic E-state index is 10.6. The van der Waals surface area contributed by atoms with Crippen LogP contribution in [0.15, 0.2) is 16.5 Å². The molecule has 0 saturated carbocycles. The lowest BCUT2D eigenvalue weighted by Gasteiger charge is -2.25. The van der Waals surface area contributed by atoms with Crippen molar-refractivity contribution in [3.63, 3.8) is 0 Å². The summed E-state index contributed by atoms with van der Waals surface area (Å²) < 4.78 is 6.07. The Labute approximate surface area is 133 Å². The van der Waals surface area contributed by atoms with E-state index in [2.05, 4.69) is 26.8 Å². The summed E-state index contributed by atoms with van der Waals surface area (Å²) in [5, 5.41) is 11.5. The van der Waals surface area contributed by atoms with Crippen LogP contribution in [0.25, 0.3) is 11.0 Å². The van der Waals surface area contributed by atoms with Crippen LogP contribution in [-0.2, 0) is 18.3 Å². The maximum Gasteiger partial charge on any atom is 0.138 e. The van der Waals surface area contributed by atoms with Crippen LogP contribution >= 0.6 is 0 Å². The summed E-state index contributed by atoms with van der Waals surface area (Å²) in [6.07, 6.45) is 9.34. The van der Waals surface area contributed by atoms with Crippen molar-refractivity contribution < 1.29 is 9.52 Å². The first-order valence-electron chi connectivity index (χ1n) is 8.80. The molecular formula is C20H28O2. The third-order valence-electron chi connectivity index (χ3n) is 5.22. The zero-order valence-corrected chi connectivity index (χ0v) is 14.2. The Morgan fingerprint density at radius 3 is 2.68 bits per heavy atom. The van der Waals surface area contributed by atoms with E-state index in [1.165, 1.54) is 43.2 Å². The van der Waals surface area contributed by atoms with Gasteiger partial charge in [0.1, 0.15) is 17.1 Å². The van der Waals surface area contributed by atoms with E-state index in [9.17, 15) is 5.11 Å². The predicted molar refractivity (Wildman–Crippen MR) is 91.7 cm³/mol. The molecule has 0 unspecified atom stereocenters. The Bertz CT molecular complexity index is 664. The Morgan fingerprint density at radius 2 is 1.91 bits per heavy atom. The molecule has 1 N–H and O–H groups in total. The first kappa shape index (κ1) is 15.5. The van der Waals surface area contributed by atoms with Gasteiger partial charge in [0.25, 0.3) is 0 Å². The lowest BCUT2D eigenvalue weighted by atomic mass is 9.79. The highest BCUT2D eigenvalue weighted by molar-refractivity contribution is 5.89. The molecule has 3 rings (SSSR count). The number of furan rings is 1. The molecule has 0 aliphatic heterocycles. The lowest BCUT2D eigenvalue weighted by Crippen LogP contribution is -2.16. The largest absolute Gasteiger partial charge is 0.507 e. The molecule has 2 nitrogen and oxygen atoms in total. The fraction of sp³-hybridized carbons (Fsp3) is 0.600. The monoisotopic (exact) mass is 300 g/mol. The van der Waals surface area contributed by atoms with E-state index >= 15 is 0 Å². The predicted octanol–water partition coefficient (Wildman–Crippen LogP) is 5.88. The lowest BCUT2D eigenvalue weighted by molar-refractivity contribution is 0.441. The summed E-state index contributed by atoms with van der Waals surface area (Å²) in [7, 11) is 0. The van der Waals surface area contributed by atoms with Gasteiger partial charge in [-0.2, -0.15) is 0 Å². The summed E-state index contributed by atoms with van der Waals surface area (Å²) in [5.74, 6) is 1.50. The van der Waals surface area contributed by atoms with Crippen molar-refractivity contribution in [3.05, 3.63) is 29.0 Å². The standard InChI is InChI=1S/C20H28O2/c1-4-5-8-11-20(2,3)14-12-16(21)19-15-9-6-7-10-17(15)22-18(19)13-14/h12-13,21H,4-11H2,1-3H3. The SMILES string of the molecule is CCCCCC(C)(C)c1cc(O)c2c3c(oc2c1)CCCC3. The van der Waals surface area contributed by atoms with Crippen LogP contribution in [0.1, 0.15) is 76.2 Å². The molecule has 2 heteroatoms. The minimum absolute atomic E-state index is 0.0775. The molecule has 0 fully saturated rings. The van der Waals surface area contributed by atoms with Crippen molar-refractivity contribution in [2.75, 3.05) is 0 Å². The van der Waals surface area contributed by atoms with Gasteiger partial charge in [-0.15, -0.1) is 0 Å². The Kier molecular flexibility index (Phi) is 4.20. The smallest absolute Gasteiger partial charge is 0.138 e. The summed E-state index contributed by atoms with van der Waals surface area (Å²) in [6, 6.07) is 4.14. The van der Waals surface area contributed by atoms with Gasteiger partial charge in [0.05, 0.1) is 5.39 Å². The van der Waals surface area contributed by atoms with Gasteiger partial charge in [0.2, 0.25) is 0 Å². The molecule has 22 heavy (non-hydrogen) atoms. The minimum atomic E-state index is 0.0775. The number of fused-ring (bicyclic) bond motifs is 3. The fourth-order valence-electron chi connectivity index (χ4n) is 3.72. The second-order valence-electron chi connectivity index (χ2n) is 7.42. The molecule has 0 bridgehead atoms. The molecule has 1 aliphatic carbocycles. The second-order valence-corrected chi connectivity index (χ2v) is 7.42. The number of phenolic OH excluding ortho intramolecular Hbond substituents is 1. The van der Waals surface area contributed by atoms with Crippen molar-refractivity contribution in [2.24, 2.45) is 0 Å². The van der Waals surface area contributed by atoms with Crippen LogP contribution in [0.3, 0.4) is 0 Å². The molecule has 1 aliphatic rings. The van der Waals surface area contributed by atoms with Crippen molar-refractivity contribution in [2.45, 2.75) is 77.6 Å². The van der Waals surface area contributed by atoms with Crippen LogP contribution in [0.2, 0.25) is 0 Å². The maximum atomic E-state index is 10.6. The number of hydrogen-bond donors (Lipinski definition) is 1. The van der Waals surface area contributed by atoms with Crippen LogP contribution in [0.4, 0.5) is 0 Å².